The highest BCUT2D eigenvalue weighted by Crippen LogP contribution is 2.17. The highest BCUT2D eigenvalue weighted by molar-refractivity contribution is 8.13. The molecule has 0 bridgehead atoms. The first-order chi connectivity index (χ1) is 6.27. The van der Waals surface area contributed by atoms with Crippen LogP contribution in [0.25, 0.3) is 0 Å². The Labute approximate surface area is 86.0 Å². The number of thioether (sulfide) groups is 1. The predicted octanol–water partition coefficient (Wildman–Crippen LogP) is 1.28. The first kappa shape index (κ1) is 10.5. The summed E-state index contributed by atoms with van der Waals surface area (Å²) in [7, 11) is 3.64. The molecule has 0 spiro atoms. The first-order valence-electron chi connectivity index (χ1n) is 3.83. The van der Waals surface area contributed by atoms with Crippen LogP contribution in [0.5, 0.6) is 0 Å². The summed E-state index contributed by atoms with van der Waals surface area (Å²) in [5.41, 5.74) is 1.02. The van der Waals surface area contributed by atoms with Crippen molar-refractivity contribution in [1.29, 1.82) is 0 Å². The van der Waals surface area contributed by atoms with Crippen LogP contribution in [-0.2, 0) is 5.75 Å². The molecule has 0 saturated heterocycles. The zero-order valence-electron chi connectivity index (χ0n) is 7.87. The van der Waals surface area contributed by atoms with E-state index in [2.05, 4.69) is 19.9 Å². The smallest absolute Gasteiger partial charge is 0.156 e. The highest BCUT2D eigenvalue weighted by Gasteiger charge is 2.04. The van der Waals surface area contributed by atoms with Gasteiger partial charge in [0.25, 0.3) is 0 Å². The summed E-state index contributed by atoms with van der Waals surface area (Å²) >= 11 is 3.11. The van der Waals surface area contributed by atoms with Gasteiger partial charge < -0.3 is 5.32 Å². The van der Waals surface area contributed by atoms with Crippen LogP contribution >= 0.6 is 23.3 Å². The van der Waals surface area contributed by atoms with E-state index in [0.29, 0.717) is 0 Å². The Morgan fingerprint density at radius 3 is 2.92 bits per heavy atom. The van der Waals surface area contributed by atoms with Crippen LogP contribution in [0.15, 0.2) is 4.99 Å². The van der Waals surface area contributed by atoms with Crippen LogP contribution in [0.3, 0.4) is 0 Å². The summed E-state index contributed by atoms with van der Waals surface area (Å²) in [5, 5.41) is 7.89. The number of aromatic nitrogens is 2. The van der Waals surface area contributed by atoms with Gasteiger partial charge in [-0.1, -0.05) is 16.3 Å². The Morgan fingerprint density at radius 1 is 1.69 bits per heavy atom. The first-order valence-corrected chi connectivity index (χ1v) is 5.59. The molecule has 0 aromatic carbocycles. The second-order valence-electron chi connectivity index (χ2n) is 2.35. The van der Waals surface area contributed by atoms with Gasteiger partial charge in [-0.2, -0.15) is 0 Å². The molecule has 0 aliphatic heterocycles. The number of aryl methyl sites for hydroxylation is 1. The number of hydrogen-bond acceptors (Lipinski definition) is 5. The molecular formula is C7H12N4S2. The van der Waals surface area contributed by atoms with Gasteiger partial charge in [0.2, 0.25) is 0 Å². The number of hydrogen-bond donors (Lipinski definition) is 1. The Bertz CT molecular complexity index is 294. The van der Waals surface area contributed by atoms with E-state index in [4.69, 9.17) is 0 Å². The minimum atomic E-state index is 0.886. The molecule has 6 heteroatoms. The lowest BCUT2D eigenvalue weighted by molar-refractivity contribution is 1.08. The van der Waals surface area contributed by atoms with Crippen molar-refractivity contribution in [3.8, 4) is 0 Å². The quantitative estimate of drug-likeness (QED) is 0.598. The van der Waals surface area contributed by atoms with Gasteiger partial charge in [-0.05, 0) is 18.5 Å². The van der Waals surface area contributed by atoms with Crippen LogP contribution in [0.2, 0.25) is 0 Å². The molecule has 0 atom stereocenters. The third-order valence-electron chi connectivity index (χ3n) is 1.50. The monoisotopic (exact) mass is 216 g/mol. The average molecular weight is 216 g/mol. The molecule has 1 N–H and O–H groups in total. The minimum absolute atomic E-state index is 0.886. The summed E-state index contributed by atoms with van der Waals surface area (Å²) in [5.74, 6) is 0.886. The fourth-order valence-electron chi connectivity index (χ4n) is 0.766. The van der Waals surface area contributed by atoms with Crippen molar-refractivity contribution in [3.05, 3.63) is 10.6 Å². The maximum atomic E-state index is 4.07. The Hall–Kier alpha value is -0.620. The number of nitrogens with one attached hydrogen (secondary N) is 1. The van der Waals surface area contributed by atoms with Crippen molar-refractivity contribution < 1.29 is 0 Å². The number of aliphatic imine (C=N–C) groups is 1. The fraction of sp³-hybridized carbons (Fsp3) is 0.571. The molecule has 0 fully saturated rings. The Morgan fingerprint density at radius 2 is 2.46 bits per heavy atom. The third-order valence-corrected chi connectivity index (χ3v) is 3.60. The van der Waals surface area contributed by atoms with Crippen LogP contribution in [0.1, 0.15) is 10.6 Å². The number of nitrogens with zero attached hydrogens (tertiary/aromatic N) is 3. The zero-order chi connectivity index (χ0) is 9.68. The van der Waals surface area contributed by atoms with Gasteiger partial charge in [0.1, 0.15) is 0 Å². The fourth-order valence-corrected chi connectivity index (χ4v) is 2.34. The van der Waals surface area contributed by atoms with Crippen LogP contribution in [0, 0.1) is 6.92 Å². The number of rotatable bonds is 2. The van der Waals surface area contributed by atoms with Crippen molar-refractivity contribution >= 4 is 28.5 Å². The molecule has 72 valence electrons. The lowest BCUT2D eigenvalue weighted by atomic mass is 10.4. The van der Waals surface area contributed by atoms with Crippen LogP contribution in [0.4, 0.5) is 0 Å². The molecule has 1 heterocycles. The van der Waals surface area contributed by atoms with E-state index < -0.39 is 0 Å². The van der Waals surface area contributed by atoms with E-state index in [0.717, 1.165) is 16.6 Å². The molecule has 0 radical (unpaired) electrons. The van der Waals surface area contributed by atoms with Crippen molar-refractivity contribution in [1.82, 2.24) is 14.9 Å². The summed E-state index contributed by atoms with van der Waals surface area (Å²) < 4.78 is 3.87. The summed E-state index contributed by atoms with van der Waals surface area (Å²) in [6.45, 7) is 1.97. The van der Waals surface area contributed by atoms with Gasteiger partial charge in [-0.15, -0.1) is 5.10 Å². The van der Waals surface area contributed by atoms with E-state index in [1.54, 1.807) is 18.8 Å². The molecule has 13 heavy (non-hydrogen) atoms. The van der Waals surface area contributed by atoms with Gasteiger partial charge in [-0.25, -0.2) is 0 Å². The van der Waals surface area contributed by atoms with Gasteiger partial charge in [0.15, 0.2) is 5.17 Å². The zero-order valence-corrected chi connectivity index (χ0v) is 9.50. The standard InChI is InChI=1S/C7H12N4S2/c1-5-6(13-11-10-5)4-12-7(8-2)9-3/h4H2,1-3H3,(H,8,9). The molecule has 0 aliphatic rings. The second-order valence-corrected chi connectivity index (χ2v) is 4.15. The Balaban J connectivity index is 2.48. The van der Waals surface area contributed by atoms with Gasteiger partial charge in [0, 0.05) is 19.8 Å². The van der Waals surface area contributed by atoms with Crippen molar-refractivity contribution in [3.63, 3.8) is 0 Å². The lowest BCUT2D eigenvalue weighted by Crippen LogP contribution is -2.13. The summed E-state index contributed by atoms with van der Waals surface area (Å²) in [6.07, 6.45) is 0. The second kappa shape index (κ2) is 5.18. The molecule has 1 rings (SSSR count). The predicted molar refractivity (Wildman–Crippen MR) is 58.4 cm³/mol. The maximum Gasteiger partial charge on any atom is 0.156 e. The summed E-state index contributed by atoms with van der Waals surface area (Å²) in [4.78, 5) is 5.28. The highest BCUT2D eigenvalue weighted by atomic mass is 32.2. The molecular weight excluding hydrogens is 204 g/mol. The van der Waals surface area contributed by atoms with E-state index in [-0.39, 0.29) is 0 Å². The molecule has 0 amide bonds. The molecule has 1 aromatic heterocycles. The molecule has 0 aliphatic carbocycles. The third kappa shape index (κ3) is 2.96. The van der Waals surface area contributed by atoms with Crippen molar-refractivity contribution in [2.24, 2.45) is 4.99 Å². The molecule has 4 nitrogen and oxygen atoms in total. The van der Waals surface area contributed by atoms with E-state index in [9.17, 15) is 0 Å². The SMILES string of the molecule is CN=C(NC)SCc1snnc1C. The average Bonchev–Trinajstić information content (AvgIpc) is 2.54. The maximum absolute atomic E-state index is 4.07. The minimum Gasteiger partial charge on any atom is -0.368 e. The topological polar surface area (TPSA) is 50.2 Å². The van der Waals surface area contributed by atoms with Crippen LogP contribution in [-0.4, -0.2) is 28.8 Å². The largest absolute Gasteiger partial charge is 0.368 e. The molecule has 0 unspecified atom stereocenters. The lowest BCUT2D eigenvalue weighted by Gasteiger charge is -2.01. The number of amidine groups is 1. The van der Waals surface area contributed by atoms with E-state index in [1.807, 2.05) is 14.0 Å². The van der Waals surface area contributed by atoms with Crippen molar-refractivity contribution in [2.75, 3.05) is 14.1 Å². The van der Waals surface area contributed by atoms with E-state index in [1.165, 1.54) is 16.4 Å². The van der Waals surface area contributed by atoms with Gasteiger partial charge >= 0.3 is 0 Å². The van der Waals surface area contributed by atoms with Crippen molar-refractivity contribution in [2.45, 2.75) is 12.7 Å². The molecule has 1 aromatic rings. The normalized spacial score (nSPS) is 11.8. The van der Waals surface area contributed by atoms with Gasteiger partial charge in [-0.3, -0.25) is 4.99 Å². The Kier molecular flexibility index (Phi) is 4.17. The molecule has 0 saturated carbocycles. The van der Waals surface area contributed by atoms with E-state index >= 15 is 0 Å². The van der Waals surface area contributed by atoms with Crippen LogP contribution < -0.4 is 5.32 Å². The van der Waals surface area contributed by atoms with Gasteiger partial charge in [0.05, 0.1) is 10.6 Å². The summed E-state index contributed by atoms with van der Waals surface area (Å²) in [6, 6.07) is 0.